The van der Waals surface area contributed by atoms with Crippen LogP contribution in [0.1, 0.15) is 0 Å². The molecule has 0 radical (unpaired) electrons. The van der Waals surface area contributed by atoms with Crippen molar-refractivity contribution in [2.45, 2.75) is 0 Å². The molecule has 0 aliphatic carbocycles. The van der Waals surface area contributed by atoms with Gasteiger partial charge in [0, 0.05) is 17.3 Å². The Morgan fingerprint density at radius 3 is 2.00 bits per heavy atom. The van der Waals surface area contributed by atoms with Crippen molar-refractivity contribution in [3.63, 3.8) is 0 Å². The molecular formula is C17H15N3O2. The summed E-state index contributed by atoms with van der Waals surface area (Å²) in [6.45, 7) is 0. The molecule has 1 aromatic heterocycles. The molecule has 0 saturated heterocycles. The molecule has 6 N–H and O–H groups in total. The minimum absolute atomic E-state index is 0.00857. The van der Waals surface area contributed by atoms with Gasteiger partial charge in [-0.15, -0.1) is 0 Å². The van der Waals surface area contributed by atoms with Crippen molar-refractivity contribution in [3.8, 4) is 33.9 Å². The van der Waals surface area contributed by atoms with Gasteiger partial charge in [0.2, 0.25) is 0 Å². The van der Waals surface area contributed by atoms with Gasteiger partial charge in [0.05, 0.1) is 17.1 Å². The van der Waals surface area contributed by atoms with E-state index < -0.39 is 0 Å². The first-order valence-corrected chi connectivity index (χ1v) is 6.69. The van der Waals surface area contributed by atoms with Crippen LogP contribution in [-0.4, -0.2) is 15.2 Å². The predicted octanol–water partition coefficient (Wildman–Crippen LogP) is 2.99. The Morgan fingerprint density at radius 2 is 1.36 bits per heavy atom. The average molecular weight is 293 g/mol. The Hall–Kier alpha value is -3.21. The van der Waals surface area contributed by atoms with E-state index in [2.05, 4.69) is 4.98 Å². The van der Waals surface area contributed by atoms with E-state index in [1.54, 1.807) is 36.5 Å². The quantitative estimate of drug-likeness (QED) is 0.429. The average Bonchev–Trinajstić information content (AvgIpc) is 2.53. The zero-order valence-electron chi connectivity index (χ0n) is 11.7. The maximum atomic E-state index is 9.80. The number of aromatic hydroxyl groups is 2. The van der Waals surface area contributed by atoms with Gasteiger partial charge in [-0.2, -0.15) is 0 Å². The van der Waals surface area contributed by atoms with Gasteiger partial charge in [-0.3, -0.25) is 4.98 Å². The number of benzene rings is 2. The van der Waals surface area contributed by atoms with Crippen molar-refractivity contribution in [3.05, 3.63) is 54.7 Å². The van der Waals surface area contributed by atoms with Crippen molar-refractivity contribution in [2.24, 2.45) is 0 Å². The van der Waals surface area contributed by atoms with E-state index in [9.17, 15) is 10.2 Å². The van der Waals surface area contributed by atoms with Gasteiger partial charge in [-0.1, -0.05) is 18.2 Å². The number of hydrogen-bond donors (Lipinski definition) is 4. The fourth-order valence-corrected chi connectivity index (χ4v) is 2.27. The molecule has 22 heavy (non-hydrogen) atoms. The summed E-state index contributed by atoms with van der Waals surface area (Å²) in [7, 11) is 0. The fourth-order valence-electron chi connectivity index (χ4n) is 2.27. The molecule has 110 valence electrons. The first-order chi connectivity index (χ1) is 10.6. The number of phenolic OH excluding ortho intramolecular Hbond substituents is 2. The smallest absolute Gasteiger partial charge is 0.139 e. The van der Waals surface area contributed by atoms with Gasteiger partial charge >= 0.3 is 0 Å². The van der Waals surface area contributed by atoms with Gasteiger partial charge in [0.25, 0.3) is 0 Å². The van der Waals surface area contributed by atoms with Gasteiger partial charge in [-0.25, -0.2) is 0 Å². The second-order valence-corrected chi connectivity index (χ2v) is 4.95. The largest absolute Gasteiger partial charge is 0.506 e. The maximum Gasteiger partial charge on any atom is 0.139 e. The van der Waals surface area contributed by atoms with Gasteiger partial charge in [0.1, 0.15) is 11.5 Å². The summed E-state index contributed by atoms with van der Waals surface area (Å²) >= 11 is 0. The number of phenols is 2. The lowest BCUT2D eigenvalue weighted by Gasteiger charge is -2.11. The van der Waals surface area contributed by atoms with Crippen LogP contribution >= 0.6 is 0 Å². The Bertz CT molecular complexity index is 777. The Kier molecular flexibility index (Phi) is 3.31. The normalized spacial score (nSPS) is 10.5. The molecule has 3 rings (SSSR count). The number of anilines is 2. The molecule has 5 nitrogen and oxygen atoms in total. The Labute approximate surface area is 127 Å². The highest BCUT2D eigenvalue weighted by molar-refractivity contribution is 5.83. The van der Waals surface area contributed by atoms with Crippen molar-refractivity contribution in [1.29, 1.82) is 0 Å². The monoisotopic (exact) mass is 293 g/mol. The third kappa shape index (κ3) is 2.40. The number of nitrogens with zero attached hydrogens (tertiary/aromatic N) is 1. The molecule has 2 aromatic carbocycles. The van der Waals surface area contributed by atoms with Crippen LogP contribution in [0.4, 0.5) is 11.4 Å². The third-order valence-electron chi connectivity index (χ3n) is 3.45. The van der Waals surface area contributed by atoms with Gasteiger partial charge in [-0.05, 0) is 35.9 Å². The van der Waals surface area contributed by atoms with Crippen LogP contribution in [0.2, 0.25) is 0 Å². The van der Waals surface area contributed by atoms with Crippen molar-refractivity contribution in [1.82, 2.24) is 4.98 Å². The summed E-state index contributed by atoms with van der Waals surface area (Å²) in [5.74, 6) is 0.0294. The van der Waals surface area contributed by atoms with Crippen LogP contribution in [-0.2, 0) is 0 Å². The lowest BCUT2D eigenvalue weighted by atomic mass is 9.98. The summed E-state index contributed by atoms with van der Waals surface area (Å²) < 4.78 is 0. The molecule has 0 amide bonds. The standard InChI is InChI=1S/C17H15N3O2/c18-13-5-3-10(8-15(13)21)12-2-1-7-20-17(12)11-4-6-14(19)16(22)9-11/h1-9,21-22H,18-19H2. The minimum Gasteiger partial charge on any atom is -0.506 e. The van der Waals surface area contributed by atoms with E-state index in [4.69, 9.17) is 11.5 Å². The van der Waals surface area contributed by atoms with Crippen LogP contribution in [0, 0.1) is 0 Å². The molecule has 0 bridgehead atoms. The fraction of sp³-hybridized carbons (Fsp3) is 0. The molecule has 3 aromatic rings. The summed E-state index contributed by atoms with van der Waals surface area (Å²) in [5, 5.41) is 19.6. The number of pyridine rings is 1. The minimum atomic E-state index is 0.00857. The van der Waals surface area contributed by atoms with Crippen LogP contribution in [0.25, 0.3) is 22.4 Å². The van der Waals surface area contributed by atoms with E-state index in [1.807, 2.05) is 18.2 Å². The summed E-state index contributed by atoms with van der Waals surface area (Å²) in [6.07, 6.45) is 1.67. The highest BCUT2D eigenvalue weighted by Crippen LogP contribution is 2.35. The topological polar surface area (TPSA) is 105 Å². The lowest BCUT2D eigenvalue weighted by molar-refractivity contribution is 0.477. The maximum absolute atomic E-state index is 9.80. The lowest BCUT2D eigenvalue weighted by Crippen LogP contribution is -1.92. The van der Waals surface area contributed by atoms with E-state index in [0.717, 1.165) is 16.7 Å². The molecule has 0 aliphatic heterocycles. The highest BCUT2D eigenvalue weighted by atomic mass is 16.3. The number of nitrogens with two attached hydrogens (primary N) is 2. The molecule has 1 heterocycles. The zero-order chi connectivity index (χ0) is 15.7. The van der Waals surface area contributed by atoms with Crippen molar-refractivity contribution in [2.75, 3.05) is 11.5 Å². The zero-order valence-corrected chi connectivity index (χ0v) is 11.7. The first-order valence-electron chi connectivity index (χ1n) is 6.69. The summed E-state index contributed by atoms with van der Waals surface area (Å²) in [6, 6.07) is 13.7. The second-order valence-electron chi connectivity index (χ2n) is 4.95. The molecular weight excluding hydrogens is 278 g/mol. The summed E-state index contributed by atoms with van der Waals surface area (Å²) in [4.78, 5) is 4.38. The molecule has 0 spiro atoms. The molecule has 0 saturated carbocycles. The molecule has 0 atom stereocenters. The van der Waals surface area contributed by atoms with Crippen LogP contribution < -0.4 is 11.5 Å². The van der Waals surface area contributed by atoms with E-state index in [1.165, 1.54) is 0 Å². The predicted molar refractivity (Wildman–Crippen MR) is 87.3 cm³/mol. The first kappa shape index (κ1) is 13.8. The number of rotatable bonds is 2. The van der Waals surface area contributed by atoms with E-state index >= 15 is 0 Å². The summed E-state index contributed by atoms with van der Waals surface area (Å²) in [5.41, 5.74) is 14.9. The van der Waals surface area contributed by atoms with Crippen LogP contribution in [0.15, 0.2) is 54.7 Å². The third-order valence-corrected chi connectivity index (χ3v) is 3.45. The SMILES string of the molecule is Nc1ccc(-c2cccnc2-c2ccc(N)c(O)c2)cc1O. The molecule has 0 fully saturated rings. The number of hydrogen-bond acceptors (Lipinski definition) is 5. The molecule has 0 aliphatic rings. The number of aromatic nitrogens is 1. The van der Waals surface area contributed by atoms with Crippen molar-refractivity contribution >= 4 is 11.4 Å². The Morgan fingerprint density at radius 1 is 0.773 bits per heavy atom. The van der Waals surface area contributed by atoms with Gasteiger partial charge in [0.15, 0.2) is 0 Å². The second kappa shape index (κ2) is 5.29. The van der Waals surface area contributed by atoms with Crippen LogP contribution in [0.5, 0.6) is 11.5 Å². The van der Waals surface area contributed by atoms with Crippen molar-refractivity contribution < 1.29 is 10.2 Å². The molecule has 5 heteroatoms. The number of nitrogen functional groups attached to an aromatic ring is 2. The Balaban J connectivity index is 2.17. The van der Waals surface area contributed by atoms with Crippen LogP contribution in [0.3, 0.4) is 0 Å². The van der Waals surface area contributed by atoms with E-state index in [-0.39, 0.29) is 11.5 Å². The highest BCUT2D eigenvalue weighted by Gasteiger charge is 2.11. The molecule has 0 unspecified atom stereocenters. The van der Waals surface area contributed by atoms with E-state index in [0.29, 0.717) is 17.1 Å². The van der Waals surface area contributed by atoms with Gasteiger partial charge < -0.3 is 21.7 Å².